The molecule has 25 heavy (non-hydrogen) atoms. The maximum atomic E-state index is 12.6. The van der Waals surface area contributed by atoms with E-state index in [1.54, 1.807) is 14.2 Å². The maximum absolute atomic E-state index is 12.6. The summed E-state index contributed by atoms with van der Waals surface area (Å²) in [6, 6.07) is 7.73. The smallest absolute Gasteiger partial charge is 0.236 e. The van der Waals surface area contributed by atoms with Gasteiger partial charge in [0.05, 0.1) is 18.0 Å². The van der Waals surface area contributed by atoms with Crippen LogP contribution < -0.4 is 14.9 Å². The van der Waals surface area contributed by atoms with Crippen molar-refractivity contribution in [2.45, 2.75) is 19.4 Å². The van der Waals surface area contributed by atoms with Gasteiger partial charge in [-0.3, -0.25) is 9.30 Å². The number of ether oxygens (including phenoxy) is 1. The number of fused-ring (bicyclic) bond motifs is 1. The fourth-order valence-electron chi connectivity index (χ4n) is 2.73. The maximum Gasteiger partial charge on any atom is 0.236 e. The molecule has 0 aliphatic carbocycles. The van der Waals surface area contributed by atoms with Gasteiger partial charge < -0.3 is 15.4 Å². The summed E-state index contributed by atoms with van der Waals surface area (Å²) in [4.78, 5) is 4.09. The molecule has 1 aliphatic heterocycles. The van der Waals surface area contributed by atoms with E-state index in [0.717, 1.165) is 17.7 Å². The zero-order chi connectivity index (χ0) is 17.6. The molecule has 0 radical (unpaired) electrons. The third-order valence-corrected chi connectivity index (χ3v) is 5.63. The first kappa shape index (κ1) is 22.0. The quantitative estimate of drug-likeness (QED) is 0.347. The minimum atomic E-state index is -3.35. The molecule has 0 aromatic heterocycles. The summed E-state index contributed by atoms with van der Waals surface area (Å²) in [5.74, 6) is 0.581. The molecule has 2 rings (SSSR count). The first-order chi connectivity index (χ1) is 11.5. The number of guanidine groups is 1. The van der Waals surface area contributed by atoms with Crippen molar-refractivity contribution >= 4 is 45.6 Å². The largest absolute Gasteiger partial charge is 0.383 e. The summed E-state index contributed by atoms with van der Waals surface area (Å²) >= 11 is 0. The third kappa shape index (κ3) is 6.00. The number of anilines is 1. The van der Waals surface area contributed by atoms with E-state index in [1.165, 1.54) is 4.31 Å². The van der Waals surface area contributed by atoms with Crippen LogP contribution in [0.3, 0.4) is 0 Å². The molecule has 1 aromatic rings. The number of nitrogens with one attached hydrogen (secondary N) is 2. The fraction of sp³-hybridized carbons (Fsp3) is 0.562. The number of sulfonamides is 1. The zero-order valence-corrected chi connectivity index (χ0v) is 18.0. The van der Waals surface area contributed by atoms with Crippen LogP contribution in [0, 0.1) is 0 Å². The van der Waals surface area contributed by atoms with Crippen LogP contribution in [0.2, 0.25) is 0 Å². The summed E-state index contributed by atoms with van der Waals surface area (Å²) in [5.41, 5.74) is 1.88. The molecular formula is C16H27IN4O3S. The minimum Gasteiger partial charge on any atom is -0.383 e. The van der Waals surface area contributed by atoms with Crippen LogP contribution in [0.1, 0.15) is 12.5 Å². The monoisotopic (exact) mass is 482 g/mol. The van der Waals surface area contributed by atoms with Gasteiger partial charge in [-0.2, -0.15) is 0 Å². The van der Waals surface area contributed by atoms with Crippen molar-refractivity contribution in [3.8, 4) is 0 Å². The highest BCUT2D eigenvalue weighted by atomic mass is 127. The molecule has 1 aromatic carbocycles. The van der Waals surface area contributed by atoms with E-state index in [0.29, 0.717) is 25.7 Å². The van der Waals surface area contributed by atoms with E-state index in [1.807, 2.05) is 31.2 Å². The number of hydrogen-bond acceptors (Lipinski definition) is 4. The minimum absolute atomic E-state index is 0. The van der Waals surface area contributed by atoms with Gasteiger partial charge in [0.1, 0.15) is 0 Å². The normalized spacial score (nSPS) is 15.3. The summed E-state index contributed by atoms with van der Waals surface area (Å²) in [6.45, 7) is 3.32. The second-order valence-electron chi connectivity index (χ2n) is 5.77. The van der Waals surface area contributed by atoms with E-state index >= 15 is 0 Å². The van der Waals surface area contributed by atoms with Gasteiger partial charge in [0.25, 0.3) is 0 Å². The Morgan fingerprint density at radius 3 is 2.80 bits per heavy atom. The predicted octanol–water partition coefficient (Wildman–Crippen LogP) is 1.20. The topological polar surface area (TPSA) is 83.0 Å². The average Bonchev–Trinajstić information content (AvgIpc) is 2.99. The van der Waals surface area contributed by atoms with Gasteiger partial charge in [0.15, 0.2) is 5.96 Å². The molecule has 1 atom stereocenters. The Kier molecular flexibility index (Phi) is 8.94. The van der Waals surface area contributed by atoms with Crippen LogP contribution in [0.4, 0.5) is 5.69 Å². The molecular weight excluding hydrogens is 455 g/mol. The van der Waals surface area contributed by atoms with Gasteiger partial charge in [0, 0.05) is 33.3 Å². The summed E-state index contributed by atoms with van der Waals surface area (Å²) < 4.78 is 31.8. The van der Waals surface area contributed by atoms with Crippen molar-refractivity contribution < 1.29 is 13.2 Å². The second-order valence-corrected chi connectivity index (χ2v) is 7.78. The van der Waals surface area contributed by atoms with Crippen LogP contribution in [0.25, 0.3) is 0 Å². The Morgan fingerprint density at radius 1 is 1.40 bits per heavy atom. The summed E-state index contributed by atoms with van der Waals surface area (Å²) in [5, 5.41) is 6.18. The first-order valence-electron chi connectivity index (χ1n) is 8.02. The lowest BCUT2D eigenvalue weighted by Gasteiger charge is -2.21. The molecule has 1 aliphatic rings. The molecule has 9 heteroatoms. The molecule has 142 valence electrons. The van der Waals surface area contributed by atoms with Crippen molar-refractivity contribution in [2.75, 3.05) is 43.9 Å². The SMILES string of the molecule is CN=C(NCCS(=O)(=O)N1CCc2ccccc21)NC(C)COC.I. The first-order valence-corrected chi connectivity index (χ1v) is 9.63. The average molecular weight is 482 g/mol. The Hall–Kier alpha value is -1.07. The molecule has 0 saturated carbocycles. The number of hydrogen-bond donors (Lipinski definition) is 2. The van der Waals surface area contributed by atoms with Crippen LogP contribution in [0.5, 0.6) is 0 Å². The van der Waals surface area contributed by atoms with Gasteiger partial charge in [0.2, 0.25) is 10.0 Å². The second kappa shape index (κ2) is 10.2. The lowest BCUT2D eigenvalue weighted by Crippen LogP contribution is -2.46. The standard InChI is InChI=1S/C16H26N4O3S.HI/c1-13(12-23-3)19-16(17-2)18-9-11-24(21,22)20-10-8-14-6-4-5-7-15(14)20;/h4-7,13H,8-12H2,1-3H3,(H2,17,18,19);1H. The van der Waals surface area contributed by atoms with E-state index < -0.39 is 10.0 Å². The lowest BCUT2D eigenvalue weighted by atomic mass is 10.2. The van der Waals surface area contributed by atoms with E-state index in [9.17, 15) is 8.42 Å². The van der Waals surface area contributed by atoms with Gasteiger partial charge in [-0.25, -0.2) is 8.42 Å². The van der Waals surface area contributed by atoms with Crippen molar-refractivity contribution in [3.63, 3.8) is 0 Å². The molecule has 0 spiro atoms. The predicted molar refractivity (Wildman–Crippen MR) is 113 cm³/mol. The Balaban J connectivity index is 0.00000312. The molecule has 2 N–H and O–H groups in total. The number of methoxy groups -OCH3 is 1. The fourth-order valence-corrected chi connectivity index (χ4v) is 4.15. The van der Waals surface area contributed by atoms with Crippen molar-refractivity contribution in [3.05, 3.63) is 29.8 Å². The summed E-state index contributed by atoms with van der Waals surface area (Å²) in [6.07, 6.45) is 0.764. The highest BCUT2D eigenvalue weighted by Gasteiger charge is 2.28. The third-order valence-electron chi connectivity index (χ3n) is 3.86. The van der Waals surface area contributed by atoms with Crippen LogP contribution in [0.15, 0.2) is 29.3 Å². The number of rotatable bonds is 7. The van der Waals surface area contributed by atoms with Crippen molar-refractivity contribution in [1.82, 2.24) is 10.6 Å². The highest BCUT2D eigenvalue weighted by Crippen LogP contribution is 2.29. The number of nitrogens with zero attached hydrogens (tertiary/aromatic N) is 2. The van der Waals surface area contributed by atoms with E-state index in [4.69, 9.17) is 4.74 Å². The van der Waals surface area contributed by atoms with Crippen LogP contribution in [-0.2, 0) is 21.2 Å². The summed E-state index contributed by atoms with van der Waals surface area (Å²) in [7, 11) is -0.0660. The lowest BCUT2D eigenvalue weighted by molar-refractivity contribution is 0.179. The Morgan fingerprint density at radius 2 is 2.12 bits per heavy atom. The van der Waals surface area contributed by atoms with Gasteiger partial charge in [-0.05, 0) is 25.0 Å². The van der Waals surface area contributed by atoms with E-state index in [-0.39, 0.29) is 35.8 Å². The number of para-hydroxylation sites is 1. The Bertz CT molecular complexity index is 682. The molecule has 0 bridgehead atoms. The van der Waals surface area contributed by atoms with Crippen LogP contribution in [-0.4, -0.2) is 60.0 Å². The number of halogens is 1. The Labute approximate surface area is 167 Å². The molecule has 0 fully saturated rings. The van der Waals surface area contributed by atoms with Crippen molar-refractivity contribution in [1.29, 1.82) is 0 Å². The molecule has 1 unspecified atom stereocenters. The van der Waals surface area contributed by atoms with Gasteiger partial charge >= 0.3 is 0 Å². The highest BCUT2D eigenvalue weighted by molar-refractivity contribution is 14.0. The van der Waals surface area contributed by atoms with Gasteiger partial charge in [-0.15, -0.1) is 24.0 Å². The number of aliphatic imine (C=N–C) groups is 1. The van der Waals surface area contributed by atoms with E-state index in [2.05, 4.69) is 15.6 Å². The zero-order valence-electron chi connectivity index (χ0n) is 14.9. The molecule has 0 saturated heterocycles. The van der Waals surface area contributed by atoms with Crippen LogP contribution >= 0.6 is 24.0 Å². The van der Waals surface area contributed by atoms with Crippen molar-refractivity contribution in [2.24, 2.45) is 4.99 Å². The molecule has 7 nitrogen and oxygen atoms in total. The van der Waals surface area contributed by atoms with Gasteiger partial charge in [-0.1, -0.05) is 18.2 Å². The molecule has 0 amide bonds. The number of benzene rings is 1. The molecule has 1 heterocycles.